The van der Waals surface area contributed by atoms with Crippen LogP contribution in [0.1, 0.15) is 58.3 Å². The Bertz CT molecular complexity index is 316. The molecule has 1 saturated carbocycles. The van der Waals surface area contributed by atoms with E-state index in [2.05, 4.69) is 12.2 Å². The van der Waals surface area contributed by atoms with Crippen molar-refractivity contribution in [1.82, 2.24) is 10.2 Å². The van der Waals surface area contributed by atoms with Crippen LogP contribution in [0.2, 0.25) is 0 Å². The van der Waals surface area contributed by atoms with Gasteiger partial charge in [0.2, 0.25) is 11.8 Å². The standard InChI is InChI=1S/C15H26N2O2/c1-12-7-9-17(10-8-12)15(19)11-14(18)16-13-5-3-2-4-6-13/h12-13H,2-11H2,1H3,(H,16,18). The number of likely N-dealkylation sites (tertiary alicyclic amines) is 1. The van der Waals surface area contributed by atoms with Gasteiger partial charge in [0, 0.05) is 19.1 Å². The van der Waals surface area contributed by atoms with Crippen molar-refractivity contribution in [3.63, 3.8) is 0 Å². The molecule has 108 valence electrons. The van der Waals surface area contributed by atoms with Crippen molar-refractivity contribution in [2.45, 2.75) is 64.3 Å². The minimum Gasteiger partial charge on any atom is -0.353 e. The van der Waals surface area contributed by atoms with Crippen LogP contribution in [0.5, 0.6) is 0 Å². The van der Waals surface area contributed by atoms with Gasteiger partial charge in [0.05, 0.1) is 0 Å². The first-order valence-corrected chi connectivity index (χ1v) is 7.72. The van der Waals surface area contributed by atoms with Crippen molar-refractivity contribution in [3.05, 3.63) is 0 Å². The highest BCUT2D eigenvalue weighted by atomic mass is 16.2. The van der Waals surface area contributed by atoms with Gasteiger partial charge < -0.3 is 10.2 Å². The molecule has 2 amide bonds. The van der Waals surface area contributed by atoms with Crippen LogP contribution in [-0.4, -0.2) is 35.8 Å². The summed E-state index contributed by atoms with van der Waals surface area (Å²) in [7, 11) is 0. The highest BCUT2D eigenvalue weighted by molar-refractivity contribution is 5.97. The van der Waals surface area contributed by atoms with Gasteiger partial charge in [-0.1, -0.05) is 26.2 Å². The molecular formula is C15H26N2O2. The third kappa shape index (κ3) is 4.51. The first-order chi connectivity index (χ1) is 9.15. The number of hydrogen-bond donors (Lipinski definition) is 1. The number of hydrogen-bond acceptors (Lipinski definition) is 2. The number of carbonyl (C=O) groups is 2. The van der Waals surface area contributed by atoms with Gasteiger partial charge in [-0.15, -0.1) is 0 Å². The lowest BCUT2D eigenvalue weighted by Gasteiger charge is -2.30. The van der Waals surface area contributed by atoms with Gasteiger partial charge in [-0.3, -0.25) is 9.59 Å². The Morgan fingerprint density at radius 3 is 2.32 bits per heavy atom. The van der Waals surface area contributed by atoms with Gasteiger partial charge in [0.1, 0.15) is 6.42 Å². The third-order valence-corrected chi connectivity index (χ3v) is 4.42. The number of nitrogens with one attached hydrogen (secondary N) is 1. The van der Waals surface area contributed by atoms with E-state index in [1.165, 1.54) is 19.3 Å². The minimum absolute atomic E-state index is 0.000194. The molecule has 4 heteroatoms. The molecule has 0 bridgehead atoms. The van der Waals surface area contributed by atoms with Crippen molar-refractivity contribution < 1.29 is 9.59 Å². The van der Waals surface area contributed by atoms with Gasteiger partial charge in [-0.2, -0.15) is 0 Å². The lowest BCUT2D eigenvalue weighted by Crippen LogP contribution is -2.42. The van der Waals surface area contributed by atoms with Gasteiger partial charge in [-0.25, -0.2) is 0 Å². The van der Waals surface area contributed by atoms with Crippen molar-refractivity contribution in [2.24, 2.45) is 5.92 Å². The molecule has 4 nitrogen and oxygen atoms in total. The monoisotopic (exact) mass is 266 g/mol. The zero-order valence-electron chi connectivity index (χ0n) is 12.0. The van der Waals surface area contributed by atoms with E-state index in [-0.39, 0.29) is 18.2 Å². The molecular weight excluding hydrogens is 240 g/mol. The molecule has 1 heterocycles. The minimum atomic E-state index is -0.0875. The van der Waals surface area contributed by atoms with Crippen LogP contribution in [0.25, 0.3) is 0 Å². The summed E-state index contributed by atoms with van der Waals surface area (Å²) in [5, 5.41) is 3.01. The summed E-state index contributed by atoms with van der Waals surface area (Å²) >= 11 is 0. The highest BCUT2D eigenvalue weighted by Gasteiger charge is 2.23. The summed E-state index contributed by atoms with van der Waals surface area (Å²) < 4.78 is 0. The lowest BCUT2D eigenvalue weighted by molar-refractivity contribution is -0.137. The molecule has 19 heavy (non-hydrogen) atoms. The summed E-state index contributed by atoms with van der Waals surface area (Å²) in [6, 6.07) is 0.301. The fourth-order valence-electron chi connectivity index (χ4n) is 3.03. The number of amides is 2. The lowest BCUT2D eigenvalue weighted by atomic mass is 9.95. The molecule has 2 aliphatic rings. The molecule has 0 atom stereocenters. The Labute approximate surface area is 115 Å². The normalized spacial score (nSPS) is 22.3. The number of nitrogens with zero attached hydrogens (tertiary/aromatic N) is 1. The van der Waals surface area contributed by atoms with Crippen LogP contribution in [0.4, 0.5) is 0 Å². The second-order valence-electron chi connectivity index (χ2n) is 6.14. The summed E-state index contributed by atoms with van der Waals surface area (Å²) in [4.78, 5) is 25.7. The van der Waals surface area contributed by atoms with Crippen molar-refractivity contribution in [3.8, 4) is 0 Å². The summed E-state index contributed by atoms with van der Waals surface area (Å²) in [5.41, 5.74) is 0. The Kier molecular flexibility index (Phi) is 5.23. The summed E-state index contributed by atoms with van der Waals surface area (Å²) in [5.74, 6) is 0.621. The van der Waals surface area contributed by atoms with E-state index in [4.69, 9.17) is 0 Å². The average molecular weight is 266 g/mol. The van der Waals surface area contributed by atoms with Gasteiger partial charge in [0.25, 0.3) is 0 Å². The number of rotatable bonds is 3. The van der Waals surface area contributed by atoms with Gasteiger partial charge in [-0.05, 0) is 31.6 Å². The quantitative estimate of drug-likeness (QED) is 0.795. The molecule has 0 aromatic rings. The Balaban J connectivity index is 1.70. The molecule has 0 unspecified atom stereocenters. The molecule has 0 radical (unpaired) electrons. The maximum Gasteiger partial charge on any atom is 0.232 e. The van der Waals surface area contributed by atoms with E-state index in [0.29, 0.717) is 12.0 Å². The maximum absolute atomic E-state index is 12.0. The van der Waals surface area contributed by atoms with Crippen molar-refractivity contribution >= 4 is 11.8 Å². The molecule has 2 rings (SSSR count). The molecule has 2 fully saturated rings. The predicted molar refractivity (Wildman–Crippen MR) is 74.6 cm³/mol. The Hall–Kier alpha value is -1.06. The topological polar surface area (TPSA) is 49.4 Å². The first kappa shape index (κ1) is 14.4. The SMILES string of the molecule is CC1CCN(C(=O)CC(=O)NC2CCCCC2)CC1. The molecule has 1 aliphatic carbocycles. The van der Waals surface area contributed by atoms with E-state index in [0.717, 1.165) is 38.8 Å². The first-order valence-electron chi connectivity index (χ1n) is 7.72. The van der Waals surface area contributed by atoms with E-state index >= 15 is 0 Å². The highest BCUT2D eigenvalue weighted by Crippen LogP contribution is 2.18. The number of carbonyl (C=O) groups excluding carboxylic acids is 2. The molecule has 0 aromatic heterocycles. The molecule has 1 aliphatic heterocycles. The molecule has 0 aromatic carbocycles. The van der Waals surface area contributed by atoms with Gasteiger partial charge in [0.15, 0.2) is 0 Å². The van der Waals surface area contributed by atoms with Crippen LogP contribution in [-0.2, 0) is 9.59 Å². The van der Waals surface area contributed by atoms with Gasteiger partial charge >= 0.3 is 0 Å². The van der Waals surface area contributed by atoms with Crippen molar-refractivity contribution in [2.75, 3.05) is 13.1 Å². The predicted octanol–water partition coefficient (Wildman–Crippen LogP) is 2.08. The maximum atomic E-state index is 12.0. The fourth-order valence-corrected chi connectivity index (χ4v) is 3.03. The smallest absolute Gasteiger partial charge is 0.232 e. The molecule has 0 spiro atoms. The number of piperidine rings is 1. The van der Waals surface area contributed by atoms with Crippen LogP contribution < -0.4 is 5.32 Å². The second kappa shape index (κ2) is 6.92. The summed E-state index contributed by atoms with van der Waals surface area (Å²) in [6.07, 6.45) is 7.97. The largest absolute Gasteiger partial charge is 0.353 e. The van der Waals surface area contributed by atoms with Crippen LogP contribution >= 0.6 is 0 Å². The zero-order valence-corrected chi connectivity index (χ0v) is 12.0. The van der Waals surface area contributed by atoms with E-state index in [1.54, 1.807) is 0 Å². The van der Waals surface area contributed by atoms with Crippen LogP contribution in [0, 0.1) is 5.92 Å². The van der Waals surface area contributed by atoms with E-state index in [1.807, 2.05) is 4.90 Å². The summed E-state index contributed by atoms with van der Waals surface area (Å²) in [6.45, 7) is 3.85. The Morgan fingerprint density at radius 2 is 1.68 bits per heavy atom. The third-order valence-electron chi connectivity index (χ3n) is 4.42. The average Bonchev–Trinajstić information content (AvgIpc) is 2.40. The van der Waals surface area contributed by atoms with Crippen molar-refractivity contribution in [1.29, 1.82) is 0 Å². The molecule has 1 saturated heterocycles. The Morgan fingerprint density at radius 1 is 1.05 bits per heavy atom. The fraction of sp³-hybridized carbons (Fsp3) is 0.867. The second-order valence-corrected chi connectivity index (χ2v) is 6.14. The van der Waals surface area contributed by atoms with Crippen LogP contribution in [0.3, 0.4) is 0 Å². The van der Waals surface area contributed by atoms with Crippen LogP contribution in [0.15, 0.2) is 0 Å². The zero-order chi connectivity index (χ0) is 13.7. The van der Waals surface area contributed by atoms with E-state index < -0.39 is 0 Å². The van der Waals surface area contributed by atoms with E-state index in [9.17, 15) is 9.59 Å². The molecule has 1 N–H and O–H groups in total.